The predicted molar refractivity (Wildman–Crippen MR) is 90.1 cm³/mol. The minimum atomic E-state index is -0.288. The Balaban J connectivity index is 1.95. The van der Waals surface area contributed by atoms with E-state index in [0.717, 1.165) is 12.8 Å². The van der Waals surface area contributed by atoms with Gasteiger partial charge in [0, 0.05) is 12.6 Å². The number of amides is 1. The molecule has 1 fully saturated rings. The number of aliphatic hydroxyl groups excluding tert-OH is 1. The molecule has 0 spiro atoms. The molecule has 0 bridgehead atoms. The summed E-state index contributed by atoms with van der Waals surface area (Å²) < 4.78 is 1.23. The van der Waals surface area contributed by atoms with Gasteiger partial charge in [-0.1, -0.05) is 25.1 Å². The lowest BCUT2D eigenvalue weighted by Crippen LogP contribution is -2.50. The molecular weight excluding hydrogens is 306 g/mol. The summed E-state index contributed by atoms with van der Waals surface area (Å²) in [5, 5.41) is 13.9. The van der Waals surface area contributed by atoms with Gasteiger partial charge in [0.25, 0.3) is 11.5 Å². The summed E-state index contributed by atoms with van der Waals surface area (Å²) in [6, 6.07) is 11.6. The normalized spacial score (nSPS) is 20.8. The molecule has 1 aliphatic heterocycles. The first-order chi connectivity index (χ1) is 11.6. The Hall–Kier alpha value is -2.47. The van der Waals surface area contributed by atoms with Crippen LogP contribution in [0.15, 0.2) is 47.3 Å². The lowest BCUT2D eigenvalue weighted by atomic mass is 9.91. The van der Waals surface area contributed by atoms with Crippen LogP contribution in [-0.2, 0) is 0 Å². The molecule has 0 saturated carbocycles. The minimum Gasteiger partial charge on any atom is -0.394 e. The predicted octanol–water partition coefficient (Wildman–Crippen LogP) is 1.47. The van der Waals surface area contributed by atoms with Crippen LogP contribution >= 0.6 is 0 Å². The second-order valence-electron chi connectivity index (χ2n) is 6.17. The van der Waals surface area contributed by atoms with Crippen LogP contribution in [-0.4, -0.2) is 44.9 Å². The number of benzene rings is 1. The van der Waals surface area contributed by atoms with Gasteiger partial charge in [-0.3, -0.25) is 9.59 Å². The molecule has 1 amide bonds. The smallest absolute Gasteiger partial charge is 0.274 e. The van der Waals surface area contributed by atoms with Crippen molar-refractivity contribution >= 4 is 5.91 Å². The van der Waals surface area contributed by atoms with E-state index in [1.165, 1.54) is 16.8 Å². The van der Waals surface area contributed by atoms with E-state index in [2.05, 4.69) is 5.10 Å². The SMILES string of the molecule is CC1CCCN(C(=O)c2ccc(=O)n(-c3ccccc3)n2)C1CO. The van der Waals surface area contributed by atoms with Crippen molar-refractivity contribution < 1.29 is 9.90 Å². The fourth-order valence-electron chi connectivity index (χ4n) is 3.21. The molecule has 126 valence electrons. The van der Waals surface area contributed by atoms with E-state index in [1.54, 1.807) is 17.0 Å². The van der Waals surface area contributed by atoms with Gasteiger partial charge < -0.3 is 10.0 Å². The maximum atomic E-state index is 12.8. The quantitative estimate of drug-likeness (QED) is 0.926. The molecule has 1 aliphatic rings. The van der Waals surface area contributed by atoms with Gasteiger partial charge in [-0.2, -0.15) is 9.78 Å². The molecule has 0 aliphatic carbocycles. The van der Waals surface area contributed by atoms with Crippen LogP contribution in [0.2, 0.25) is 0 Å². The minimum absolute atomic E-state index is 0.0643. The Morgan fingerprint density at radius 1 is 1.25 bits per heavy atom. The summed E-state index contributed by atoms with van der Waals surface area (Å²) >= 11 is 0. The second-order valence-corrected chi connectivity index (χ2v) is 6.17. The maximum Gasteiger partial charge on any atom is 0.274 e. The van der Waals surface area contributed by atoms with Gasteiger partial charge in [0.1, 0.15) is 5.69 Å². The molecule has 0 radical (unpaired) electrons. The lowest BCUT2D eigenvalue weighted by molar-refractivity contribution is 0.0351. The highest BCUT2D eigenvalue weighted by molar-refractivity contribution is 5.92. The van der Waals surface area contributed by atoms with Crippen LogP contribution in [0.5, 0.6) is 0 Å². The number of carbonyl (C=O) groups excluding carboxylic acids is 1. The van der Waals surface area contributed by atoms with E-state index in [4.69, 9.17) is 0 Å². The van der Waals surface area contributed by atoms with Crippen molar-refractivity contribution in [1.82, 2.24) is 14.7 Å². The Morgan fingerprint density at radius 3 is 2.71 bits per heavy atom. The number of aromatic nitrogens is 2. The zero-order valence-electron chi connectivity index (χ0n) is 13.6. The van der Waals surface area contributed by atoms with Crippen molar-refractivity contribution in [2.24, 2.45) is 5.92 Å². The number of rotatable bonds is 3. The van der Waals surface area contributed by atoms with Crippen molar-refractivity contribution in [3.8, 4) is 5.69 Å². The van der Waals surface area contributed by atoms with Crippen molar-refractivity contribution in [2.45, 2.75) is 25.8 Å². The summed E-state index contributed by atoms with van der Waals surface area (Å²) in [4.78, 5) is 26.6. The highest BCUT2D eigenvalue weighted by atomic mass is 16.3. The number of hydrogen-bond donors (Lipinski definition) is 1. The second kappa shape index (κ2) is 6.97. The summed E-state index contributed by atoms with van der Waals surface area (Å²) in [6.07, 6.45) is 1.90. The van der Waals surface area contributed by atoms with Gasteiger partial charge >= 0.3 is 0 Å². The third-order valence-corrected chi connectivity index (χ3v) is 4.58. The molecule has 2 heterocycles. The van der Waals surface area contributed by atoms with E-state index in [-0.39, 0.29) is 35.7 Å². The third-order valence-electron chi connectivity index (χ3n) is 4.58. The van der Waals surface area contributed by atoms with Crippen LogP contribution in [0, 0.1) is 5.92 Å². The number of carbonyl (C=O) groups is 1. The summed E-state index contributed by atoms with van der Waals surface area (Å²) in [6.45, 7) is 2.57. The number of likely N-dealkylation sites (tertiary alicyclic amines) is 1. The molecule has 1 N–H and O–H groups in total. The van der Waals surface area contributed by atoms with Crippen LogP contribution in [0.3, 0.4) is 0 Å². The molecular formula is C18H21N3O3. The van der Waals surface area contributed by atoms with E-state index in [9.17, 15) is 14.7 Å². The van der Waals surface area contributed by atoms with E-state index >= 15 is 0 Å². The van der Waals surface area contributed by atoms with Crippen molar-refractivity contribution in [1.29, 1.82) is 0 Å². The fraction of sp³-hybridized carbons (Fsp3) is 0.389. The molecule has 2 atom stereocenters. The van der Waals surface area contributed by atoms with Crippen LogP contribution in [0.25, 0.3) is 5.69 Å². The highest BCUT2D eigenvalue weighted by Gasteiger charge is 2.32. The fourth-order valence-corrected chi connectivity index (χ4v) is 3.21. The first-order valence-electron chi connectivity index (χ1n) is 8.19. The van der Waals surface area contributed by atoms with Gasteiger partial charge in [0.05, 0.1) is 18.3 Å². The lowest BCUT2D eigenvalue weighted by Gasteiger charge is -2.38. The molecule has 2 aromatic rings. The molecule has 1 aromatic carbocycles. The number of aliphatic hydroxyl groups is 1. The average Bonchev–Trinajstić information content (AvgIpc) is 2.62. The van der Waals surface area contributed by atoms with Gasteiger partial charge in [-0.15, -0.1) is 0 Å². The van der Waals surface area contributed by atoms with E-state index in [0.29, 0.717) is 12.2 Å². The average molecular weight is 327 g/mol. The largest absolute Gasteiger partial charge is 0.394 e. The number of para-hydroxylation sites is 1. The number of piperidine rings is 1. The molecule has 6 heteroatoms. The number of nitrogens with zero attached hydrogens (tertiary/aromatic N) is 3. The summed E-state index contributed by atoms with van der Waals surface area (Å²) in [5.74, 6) is -0.00184. The van der Waals surface area contributed by atoms with Crippen LogP contribution in [0.1, 0.15) is 30.3 Å². The Morgan fingerprint density at radius 2 is 2.00 bits per heavy atom. The van der Waals surface area contributed by atoms with Crippen LogP contribution in [0.4, 0.5) is 0 Å². The maximum absolute atomic E-state index is 12.8. The standard InChI is InChI=1S/C18H21N3O3/c1-13-6-5-11-20(16(13)12-22)18(24)15-9-10-17(23)21(19-15)14-7-3-2-4-8-14/h2-4,7-10,13,16,22H,5-6,11-12H2,1H3. The summed E-state index contributed by atoms with van der Waals surface area (Å²) in [5.41, 5.74) is 0.539. The zero-order valence-corrected chi connectivity index (χ0v) is 13.6. The monoisotopic (exact) mass is 327 g/mol. The zero-order chi connectivity index (χ0) is 17.1. The topological polar surface area (TPSA) is 75.4 Å². The number of hydrogen-bond acceptors (Lipinski definition) is 4. The van der Waals surface area contributed by atoms with E-state index < -0.39 is 0 Å². The molecule has 2 unspecified atom stereocenters. The molecule has 1 aromatic heterocycles. The Bertz CT molecular complexity index is 773. The molecule has 6 nitrogen and oxygen atoms in total. The van der Waals surface area contributed by atoms with Gasteiger partial charge in [0.15, 0.2) is 0 Å². The van der Waals surface area contributed by atoms with Gasteiger partial charge in [-0.25, -0.2) is 0 Å². The van der Waals surface area contributed by atoms with Gasteiger partial charge in [0.2, 0.25) is 0 Å². The summed E-state index contributed by atoms with van der Waals surface area (Å²) in [7, 11) is 0. The first kappa shape index (κ1) is 16.4. The first-order valence-corrected chi connectivity index (χ1v) is 8.19. The molecule has 1 saturated heterocycles. The van der Waals surface area contributed by atoms with Crippen molar-refractivity contribution in [3.63, 3.8) is 0 Å². The van der Waals surface area contributed by atoms with Crippen LogP contribution < -0.4 is 5.56 Å². The van der Waals surface area contributed by atoms with E-state index in [1.807, 2.05) is 25.1 Å². The van der Waals surface area contributed by atoms with Crippen molar-refractivity contribution in [3.05, 3.63) is 58.5 Å². The third kappa shape index (κ3) is 3.10. The van der Waals surface area contributed by atoms with Crippen molar-refractivity contribution in [2.75, 3.05) is 13.2 Å². The molecule has 3 rings (SSSR count). The Kier molecular flexibility index (Phi) is 4.76. The highest BCUT2D eigenvalue weighted by Crippen LogP contribution is 2.24. The molecule has 24 heavy (non-hydrogen) atoms. The Labute approximate surface area is 140 Å². The van der Waals surface area contributed by atoms with Gasteiger partial charge in [-0.05, 0) is 37.0 Å².